The number of nitrogens with zero attached hydrogens (tertiary/aromatic N) is 3. The van der Waals surface area contributed by atoms with E-state index in [1.165, 1.54) is 5.56 Å². The number of aromatic nitrogens is 2. The number of aliphatic hydroxyl groups excluding tert-OH is 1. The van der Waals surface area contributed by atoms with Gasteiger partial charge in [0.05, 0.1) is 24.3 Å². The van der Waals surface area contributed by atoms with Gasteiger partial charge in [-0.25, -0.2) is 9.19 Å². The number of hydrogen-bond acceptors (Lipinski definition) is 6. The Bertz CT molecular complexity index is 1110. The standard InChI is InChI=1S/C23H25ClF2N4O2S/c24-16-4-2-13(3-5-16)18-14-8-15(18)11-30(10-14)21-27-17-9-23(25,26)33(32)19(17)20(28-21)29-22(12-31)6-1-7-22/h2-5,14-15,18,31H,1,6-12H2,(H,27,28,29)/t14?,15?,18?,33-/m0/s1. The van der Waals surface area contributed by atoms with Crippen molar-refractivity contribution in [2.45, 2.75) is 53.7 Å². The maximum absolute atomic E-state index is 14.4. The maximum atomic E-state index is 14.4. The number of benzene rings is 1. The zero-order valence-corrected chi connectivity index (χ0v) is 19.5. The molecule has 3 atom stereocenters. The van der Waals surface area contributed by atoms with Crippen molar-refractivity contribution in [2.75, 3.05) is 29.9 Å². The van der Waals surface area contributed by atoms with Gasteiger partial charge in [0.15, 0.2) is 0 Å². The summed E-state index contributed by atoms with van der Waals surface area (Å²) in [7, 11) is -2.51. The normalized spacial score (nSPS) is 30.8. The summed E-state index contributed by atoms with van der Waals surface area (Å²) in [6.45, 7) is 1.36. The van der Waals surface area contributed by atoms with E-state index in [0.29, 0.717) is 23.7 Å². The number of aliphatic hydroxyl groups is 1. The van der Waals surface area contributed by atoms with Crippen molar-refractivity contribution in [3.8, 4) is 0 Å². The minimum atomic E-state index is -3.36. The molecule has 2 saturated heterocycles. The van der Waals surface area contributed by atoms with Crippen LogP contribution in [0.5, 0.6) is 0 Å². The van der Waals surface area contributed by atoms with Crippen molar-refractivity contribution in [3.63, 3.8) is 0 Å². The van der Waals surface area contributed by atoms with Crippen LogP contribution in [0.15, 0.2) is 29.2 Å². The van der Waals surface area contributed by atoms with Gasteiger partial charge in [0, 0.05) is 18.1 Å². The van der Waals surface area contributed by atoms with Crippen molar-refractivity contribution < 1.29 is 18.1 Å². The number of anilines is 2. The Morgan fingerprint density at radius 2 is 1.88 bits per heavy atom. The molecule has 2 bridgehead atoms. The summed E-state index contributed by atoms with van der Waals surface area (Å²) < 4.78 is 41.3. The molecule has 2 N–H and O–H groups in total. The fraction of sp³-hybridized carbons (Fsp3) is 0.565. The second-order valence-electron chi connectivity index (χ2n) is 9.89. The van der Waals surface area contributed by atoms with Crippen molar-refractivity contribution in [1.82, 2.24) is 9.97 Å². The molecule has 4 heterocycles. The number of rotatable bonds is 5. The fourth-order valence-electron chi connectivity index (χ4n) is 5.89. The highest BCUT2D eigenvalue weighted by atomic mass is 35.5. The second-order valence-corrected chi connectivity index (χ2v) is 11.9. The van der Waals surface area contributed by atoms with Gasteiger partial charge in [-0.15, -0.1) is 0 Å². The lowest BCUT2D eigenvalue weighted by molar-refractivity contribution is 0.103. The first-order valence-corrected chi connectivity index (χ1v) is 12.9. The number of piperidine rings is 2. The third-order valence-electron chi connectivity index (χ3n) is 7.82. The highest BCUT2D eigenvalue weighted by Crippen LogP contribution is 2.52. The summed E-state index contributed by atoms with van der Waals surface area (Å²) in [5, 5.41) is 10.4. The zero-order valence-electron chi connectivity index (χ0n) is 17.9. The Balaban J connectivity index is 1.30. The van der Waals surface area contributed by atoms with Gasteiger partial charge in [-0.1, -0.05) is 23.7 Å². The number of halogens is 3. The van der Waals surface area contributed by atoms with Gasteiger partial charge >= 0.3 is 5.25 Å². The second kappa shape index (κ2) is 7.58. The molecule has 5 aliphatic rings. The van der Waals surface area contributed by atoms with E-state index in [-0.39, 0.29) is 23.0 Å². The van der Waals surface area contributed by atoms with Gasteiger partial charge in [0.25, 0.3) is 0 Å². The molecule has 33 heavy (non-hydrogen) atoms. The first-order chi connectivity index (χ1) is 15.8. The molecule has 0 radical (unpaired) electrons. The quantitative estimate of drug-likeness (QED) is 0.655. The van der Waals surface area contributed by atoms with Gasteiger partial charge in [0.2, 0.25) is 5.95 Å². The summed E-state index contributed by atoms with van der Waals surface area (Å²) in [5.74, 6) is 1.92. The number of alkyl halides is 2. The fourth-order valence-corrected chi connectivity index (χ4v) is 7.19. The Hall–Kier alpha value is -1.84. The van der Waals surface area contributed by atoms with E-state index in [9.17, 15) is 18.1 Å². The van der Waals surface area contributed by atoms with E-state index in [0.717, 1.165) is 43.8 Å². The SMILES string of the molecule is O=[S@]1c2c(nc(N3CC4CC(C3)C4c3ccc(Cl)cc3)nc2NC2(CO)CCC2)CC1(F)F. The third kappa shape index (κ3) is 3.46. The smallest absolute Gasteiger partial charge is 0.331 e. The van der Waals surface area contributed by atoms with E-state index in [1.807, 2.05) is 12.1 Å². The molecule has 4 fully saturated rings. The van der Waals surface area contributed by atoms with Gasteiger partial charge < -0.3 is 15.3 Å². The molecule has 2 unspecified atom stereocenters. The van der Waals surface area contributed by atoms with Crippen LogP contribution < -0.4 is 10.2 Å². The summed E-state index contributed by atoms with van der Waals surface area (Å²) >= 11 is 6.04. The van der Waals surface area contributed by atoms with E-state index in [2.05, 4.69) is 32.3 Å². The lowest BCUT2D eigenvalue weighted by Crippen LogP contribution is -2.54. The monoisotopic (exact) mass is 494 g/mol. The number of hydrogen-bond donors (Lipinski definition) is 2. The molecule has 1 aromatic heterocycles. The third-order valence-corrected chi connectivity index (χ3v) is 9.56. The Morgan fingerprint density at radius 3 is 2.48 bits per heavy atom. The van der Waals surface area contributed by atoms with Gasteiger partial charge in [-0.3, -0.25) is 0 Å². The minimum absolute atomic E-state index is 0.00955. The average molecular weight is 495 g/mol. The minimum Gasteiger partial charge on any atom is -0.394 e. The molecule has 176 valence electrons. The lowest BCUT2D eigenvalue weighted by Gasteiger charge is -2.54. The molecule has 7 rings (SSSR count). The van der Waals surface area contributed by atoms with Crippen LogP contribution in [-0.2, 0) is 17.2 Å². The van der Waals surface area contributed by atoms with Crippen LogP contribution in [0.4, 0.5) is 20.5 Å². The molecule has 2 aromatic rings. The van der Waals surface area contributed by atoms with Crippen LogP contribution in [0.1, 0.15) is 42.9 Å². The van der Waals surface area contributed by atoms with Crippen LogP contribution in [0, 0.1) is 11.8 Å². The van der Waals surface area contributed by atoms with E-state index in [1.54, 1.807) is 0 Å². The predicted molar refractivity (Wildman–Crippen MR) is 122 cm³/mol. The molecule has 1 aromatic carbocycles. The molecule has 10 heteroatoms. The van der Waals surface area contributed by atoms with Gasteiger partial charge in [-0.2, -0.15) is 13.8 Å². The molecule has 0 spiro atoms. The van der Waals surface area contributed by atoms with Crippen LogP contribution in [-0.4, -0.2) is 49.8 Å². The highest BCUT2D eigenvalue weighted by Gasteiger charge is 2.51. The molecular formula is C23H25ClF2N4O2S. The van der Waals surface area contributed by atoms with Crippen molar-refractivity contribution in [3.05, 3.63) is 40.5 Å². The Labute approximate surface area is 198 Å². The Morgan fingerprint density at radius 1 is 1.18 bits per heavy atom. The summed E-state index contributed by atoms with van der Waals surface area (Å²) in [6, 6.07) is 8.00. The predicted octanol–water partition coefficient (Wildman–Crippen LogP) is 3.95. The summed E-state index contributed by atoms with van der Waals surface area (Å²) in [5.41, 5.74) is 0.833. The van der Waals surface area contributed by atoms with Crippen molar-refractivity contribution in [2.24, 2.45) is 11.8 Å². The van der Waals surface area contributed by atoms with Crippen LogP contribution in [0.2, 0.25) is 5.02 Å². The van der Waals surface area contributed by atoms with Gasteiger partial charge in [-0.05, 0) is 61.1 Å². The first-order valence-electron chi connectivity index (χ1n) is 11.4. The zero-order chi connectivity index (χ0) is 23.0. The summed E-state index contributed by atoms with van der Waals surface area (Å²) in [6.07, 6.45) is 2.85. The van der Waals surface area contributed by atoms with Crippen molar-refractivity contribution >= 4 is 34.2 Å². The molecule has 2 aliphatic carbocycles. The largest absolute Gasteiger partial charge is 0.394 e. The topological polar surface area (TPSA) is 78.4 Å². The lowest BCUT2D eigenvalue weighted by atomic mass is 9.59. The molecule has 2 saturated carbocycles. The van der Waals surface area contributed by atoms with Crippen LogP contribution in [0.25, 0.3) is 0 Å². The first kappa shape index (κ1) is 21.7. The van der Waals surface area contributed by atoms with E-state index < -0.39 is 28.0 Å². The van der Waals surface area contributed by atoms with Crippen LogP contribution >= 0.6 is 11.6 Å². The Kier molecular flexibility index (Phi) is 4.98. The summed E-state index contributed by atoms with van der Waals surface area (Å²) in [4.78, 5) is 11.1. The maximum Gasteiger partial charge on any atom is 0.331 e. The molecular weight excluding hydrogens is 470 g/mol. The van der Waals surface area contributed by atoms with Crippen LogP contribution in [0.3, 0.4) is 0 Å². The number of nitrogens with one attached hydrogen (secondary N) is 1. The van der Waals surface area contributed by atoms with E-state index in [4.69, 9.17) is 11.6 Å². The highest BCUT2D eigenvalue weighted by molar-refractivity contribution is 7.86. The van der Waals surface area contributed by atoms with Gasteiger partial charge in [0.1, 0.15) is 21.5 Å². The average Bonchev–Trinajstić information content (AvgIpc) is 3.00. The van der Waals surface area contributed by atoms with E-state index >= 15 is 0 Å². The molecule has 6 nitrogen and oxygen atoms in total. The molecule has 3 aliphatic heterocycles. The van der Waals surface area contributed by atoms with Crippen molar-refractivity contribution in [1.29, 1.82) is 0 Å². The molecule has 0 amide bonds. The number of fused-ring (bicyclic) bond motifs is 3.